The fourth-order valence-corrected chi connectivity index (χ4v) is 3.32. The van der Waals surface area contributed by atoms with Crippen LogP contribution in [0.5, 0.6) is 0 Å². The lowest BCUT2D eigenvalue weighted by atomic mass is 10.2. The summed E-state index contributed by atoms with van der Waals surface area (Å²) in [7, 11) is 0. The summed E-state index contributed by atoms with van der Waals surface area (Å²) in [5, 5.41) is 20.5. The Labute approximate surface area is 157 Å². The number of rotatable bonds is 9. The van der Waals surface area contributed by atoms with Crippen molar-refractivity contribution in [1.29, 1.82) is 0 Å². The SMILES string of the molecule is CCCn1nnnc1CSc1nnc(-c2ccc(N(CC)CC)cc2)o1. The van der Waals surface area contributed by atoms with Crippen LogP contribution in [0.4, 0.5) is 5.69 Å². The highest BCUT2D eigenvalue weighted by Crippen LogP contribution is 2.26. The van der Waals surface area contributed by atoms with E-state index in [0.29, 0.717) is 16.9 Å². The number of hydrogen-bond donors (Lipinski definition) is 0. The molecule has 0 bridgehead atoms. The van der Waals surface area contributed by atoms with Crippen LogP contribution >= 0.6 is 11.8 Å². The molecule has 26 heavy (non-hydrogen) atoms. The largest absolute Gasteiger partial charge is 0.411 e. The molecule has 1 aromatic carbocycles. The summed E-state index contributed by atoms with van der Waals surface area (Å²) in [5.41, 5.74) is 2.10. The Morgan fingerprint density at radius 2 is 1.81 bits per heavy atom. The molecule has 0 N–H and O–H groups in total. The number of tetrazole rings is 1. The monoisotopic (exact) mass is 373 g/mol. The standard InChI is InChI=1S/C17H23N7OS/c1-4-11-24-15(18-21-22-24)12-26-17-20-19-16(25-17)13-7-9-14(10-8-13)23(5-2)6-3/h7-10H,4-6,11-12H2,1-3H3. The van der Waals surface area contributed by atoms with Gasteiger partial charge in [-0.25, -0.2) is 4.68 Å². The van der Waals surface area contributed by atoms with E-state index in [4.69, 9.17) is 4.42 Å². The zero-order chi connectivity index (χ0) is 18.4. The van der Waals surface area contributed by atoms with Gasteiger partial charge in [-0.15, -0.1) is 15.3 Å². The third kappa shape index (κ3) is 4.21. The first kappa shape index (κ1) is 18.4. The summed E-state index contributed by atoms with van der Waals surface area (Å²) in [5.74, 6) is 1.92. The number of hydrogen-bond acceptors (Lipinski definition) is 8. The second-order valence-corrected chi connectivity index (χ2v) is 6.63. The average molecular weight is 373 g/mol. The molecule has 8 nitrogen and oxygen atoms in total. The van der Waals surface area contributed by atoms with Crippen molar-refractivity contribution in [3.8, 4) is 11.5 Å². The van der Waals surface area contributed by atoms with Gasteiger partial charge >= 0.3 is 0 Å². The number of nitrogens with zero attached hydrogens (tertiary/aromatic N) is 7. The van der Waals surface area contributed by atoms with Crippen LogP contribution in [0.2, 0.25) is 0 Å². The van der Waals surface area contributed by atoms with Crippen molar-refractivity contribution in [2.24, 2.45) is 0 Å². The van der Waals surface area contributed by atoms with Gasteiger partial charge in [-0.1, -0.05) is 18.7 Å². The van der Waals surface area contributed by atoms with Gasteiger partial charge in [0.15, 0.2) is 5.82 Å². The van der Waals surface area contributed by atoms with Gasteiger partial charge in [0.2, 0.25) is 5.89 Å². The minimum atomic E-state index is 0.513. The molecule has 9 heteroatoms. The third-order valence-electron chi connectivity index (χ3n) is 4.02. The Balaban J connectivity index is 1.65. The van der Waals surface area contributed by atoms with Crippen molar-refractivity contribution >= 4 is 17.4 Å². The van der Waals surface area contributed by atoms with Crippen LogP contribution < -0.4 is 4.90 Å². The Morgan fingerprint density at radius 3 is 2.50 bits per heavy atom. The molecule has 0 aliphatic heterocycles. The number of benzene rings is 1. The Hall–Kier alpha value is -2.42. The van der Waals surface area contributed by atoms with E-state index in [-0.39, 0.29) is 0 Å². The molecule has 3 aromatic rings. The maximum absolute atomic E-state index is 5.77. The first-order chi connectivity index (χ1) is 12.7. The van der Waals surface area contributed by atoms with E-state index in [1.165, 1.54) is 17.4 Å². The number of aromatic nitrogens is 6. The average Bonchev–Trinajstić information content (AvgIpc) is 3.31. The van der Waals surface area contributed by atoms with Crippen LogP contribution in [-0.2, 0) is 12.3 Å². The summed E-state index contributed by atoms with van der Waals surface area (Å²) in [6.07, 6.45) is 0.983. The lowest BCUT2D eigenvalue weighted by Crippen LogP contribution is -2.21. The molecular formula is C17H23N7OS. The van der Waals surface area contributed by atoms with Gasteiger partial charge in [-0.3, -0.25) is 0 Å². The summed E-state index contributed by atoms with van der Waals surface area (Å²) >= 11 is 1.44. The van der Waals surface area contributed by atoms with Crippen molar-refractivity contribution in [3.63, 3.8) is 0 Å². The van der Waals surface area contributed by atoms with Gasteiger partial charge in [0.1, 0.15) is 0 Å². The topological polar surface area (TPSA) is 85.8 Å². The Morgan fingerprint density at radius 1 is 1.04 bits per heavy atom. The maximum Gasteiger partial charge on any atom is 0.277 e. The Bertz CT molecular complexity index is 811. The smallest absolute Gasteiger partial charge is 0.277 e. The van der Waals surface area contributed by atoms with Crippen LogP contribution in [0.1, 0.15) is 33.0 Å². The zero-order valence-corrected chi connectivity index (χ0v) is 16.1. The summed E-state index contributed by atoms with van der Waals surface area (Å²) in [4.78, 5) is 2.29. The van der Waals surface area contributed by atoms with E-state index in [1.807, 2.05) is 12.1 Å². The van der Waals surface area contributed by atoms with Crippen LogP contribution in [0.25, 0.3) is 11.5 Å². The molecule has 0 unspecified atom stereocenters. The van der Waals surface area contributed by atoms with Gasteiger partial charge in [-0.05, 0) is 55.0 Å². The summed E-state index contributed by atoms with van der Waals surface area (Å²) in [6, 6.07) is 8.19. The molecule has 2 aromatic heterocycles. The van der Waals surface area contributed by atoms with Crippen LogP contribution in [0.3, 0.4) is 0 Å². The van der Waals surface area contributed by atoms with Crippen LogP contribution in [0.15, 0.2) is 33.9 Å². The molecule has 0 spiro atoms. The molecular weight excluding hydrogens is 350 g/mol. The molecule has 0 saturated carbocycles. The second-order valence-electron chi connectivity index (χ2n) is 5.70. The first-order valence-corrected chi connectivity index (χ1v) is 9.80. The number of aryl methyl sites for hydroxylation is 1. The molecule has 0 atom stereocenters. The van der Waals surface area contributed by atoms with Crippen LogP contribution in [-0.4, -0.2) is 43.5 Å². The fraction of sp³-hybridized carbons (Fsp3) is 0.471. The molecule has 0 saturated heterocycles. The Kier molecular flexibility index (Phi) is 6.21. The molecule has 0 amide bonds. The van der Waals surface area contributed by atoms with Crippen molar-refractivity contribution < 1.29 is 4.42 Å². The minimum absolute atomic E-state index is 0.513. The van der Waals surface area contributed by atoms with E-state index in [2.05, 4.69) is 63.5 Å². The zero-order valence-electron chi connectivity index (χ0n) is 15.3. The lowest BCUT2D eigenvalue weighted by molar-refractivity contribution is 0.465. The molecule has 0 aliphatic carbocycles. The second kappa shape index (κ2) is 8.79. The highest BCUT2D eigenvalue weighted by molar-refractivity contribution is 7.98. The lowest BCUT2D eigenvalue weighted by Gasteiger charge is -2.20. The molecule has 0 fully saturated rings. The summed E-state index contributed by atoms with van der Waals surface area (Å²) < 4.78 is 7.57. The van der Waals surface area contributed by atoms with E-state index >= 15 is 0 Å². The predicted molar refractivity (Wildman–Crippen MR) is 101 cm³/mol. The summed E-state index contributed by atoms with van der Waals surface area (Å²) in [6.45, 7) is 9.15. The molecule has 0 aliphatic rings. The van der Waals surface area contributed by atoms with Crippen molar-refractivity contribution in [1.82, 2.24) is 30.4 Å². The van der Waals surface area contributed by atoms with Gasteiger partial charge in [0.25, 0.3) is 5.22 Å². The molecule has 3 rings (SSSR count). The predicted octanol–water partition coefficient (Wildman–Crippen LogP) is 3.27. The fourth-order valence-electron chi connectivity index (χ4n) is 2.63. The molecule has 138 valence electrons. The maximum atomic E-state index is 5.77. The van der Waals surface area contributed by atoms with E-state index in [0.717, 1.165) is 37.4 Å². The third-order valence-corrected chi connectivity index (χ3v) is 4.83. The number of thioether (sulfide) groups is 1. The van der Waals surface area contributed by atoms with E-state index in [1.54, 1.807) is 4.68 Å². The minimum Gasteiger partial charge on any atom is -0.411 e. The first-order valence-electron chi connectivity index (χ1n) is 8.81. The van der Waals surface area contributed by atoms with Crippen LogP contribution in [0, 0.1) is 0 Å². The van der Waals surface area contributed by atoms with Crippen molar-refractivity contribution in [2.75, 3.05) is 18.0 Å². The molecule has 2 heterocycles. The van der Waals surface area contributed by atoms with Crippen molar-refractivity contribution in [2.45, 2.75) is 44.7 Å². The van der Waals surface area contributed by atoms with Gasteiger partial charge < -0.3 is 9.32 Å². The number of anilines is 1. The highest BCUT2D eigenvalue weighted by atomic mass is 32.2. The normalized spacial score (nSPS) is 11.0. The van der Waals surface area contributed by atoms with Gasteiger partial charge in [0, 0.05) is 30.9 Å². The van der Waals surface area contributed by atoms with E-state index < -0.39 is 0 Å². The highest BCUT2D eigenvalue weighted by Gasteiger charge is 2.12. The van der Waals surface area contributed by atoms with Crippen molar-refractivity contribution in [3.05, 3.63) is 30.1 Å². The molecule has 0 radical (unpaired) electrons. The van der Waals surface area contributed by atoms with E-state index in [9.17, 15) is 0 Å². The van der Waals surface area contributed by atoms with Gasteiger partial charge in [-0.2, -0.15) is 0 Å². The van der Waals surface area contributed by atoms with Gasteiger partial charge in [0.05, 0.1) is 5.75 Å². The quantitative estimate of drug-likeness (QED) is 0.528.